The van der Waals surface area contributed by atoms with E-state index >= 15 is 0 Å². The van der Waals surface area contributed by atoms with Crippen LogP contribution in [0.15, 0.2) is 109 Å². The number of ether oxygens (including phenoxy) is 3. The molecule has 1 atom stereocenters. The Hall–Kier alpha value is -3.93. The van der Waals surface area contributed by atoms with Crippen LogP contribution in [0.4, 0.5) is 0 Å². The second-order valence-corrected chi connectivity index (χ2v) is 18.3. The van der Waals surface area contributed by atoms with Crippen molar-refractivity contribution in [1.82, 2.24) is 0 Å². The fourth-order valence-corrected chi connectivity index (χ4v) is 7.53. The molecule has 386 valence electrons. The highest BCUT2D eigenvalue weighted by Crippen LogP contribution is 2.16. The Kier molecular flexibility index (Phi) is 52.4. The molecule has 0 amide bonds. The van der Waals surface area contributed by atoms with Gasteiger partial charge >= 0.3 is 17.9 Å². The van der Waals surface area contributed by atoms with Crippen LogP contribution in [0.25, 0.3) is 0 Å². The van der Waals surface area contributed by atoms with Gasteiger partial charge in [0.15, 0.2) is 6.10 Å². The molecule has 0 heterocycles. The summed E-state index contributed by atoms with van der Waals surface area (Å²) in [6.45, 7) is 6.41. The maximum absolute atomic E-state index is 12.9. The van der Waals surface area contributed by atoms with E-state index in [2.05, 4.69) is 81.5 Å². The molecule has 68 heavy (non-hydrogen) atoms. The summed E-state index contributed by atoms with van der Waals surface area (Å²) in [7, 11) is 0. The fourth-order valence-electron chi connectivity index (χ4n) is 7.53. The normalized spacial score (nSPS) is 12.9. The molecule has 0 aliphatic rings. The molecule has 0 bridgehead atoms. The molecule has 0 saturated heterocycles. The number of esters is 3. The Balaban J connectivity index is 4.50. The molecule has 0 saturated carbocycles. The molecule has 0 aromatic rings. The molecule has 0 rings (SSSR count). The maximum Gasteiger partial charge on any atom is 0.306 e. The summed E-state index contributed by atoms with van der Waals surface area (Å²) in [5.74, 6) is -0.965. The van der Waals surface area contributed by atoms with Crippen LogP contribution in [-0.2, 0) is 28.6 Å². The highest BCUT2D eigenvalue weighted by Gasteiger charge is 2.19. The van der Waals surface area contributed by atoms with Crippen molar-refractivity contribution in [2.24, 2.45) is 0 Å². The molecule has 1 unspecified atom stereocenters. The van der Waals surface area contributed by atoms with E-state index in [0.717, 1.165) is 96.3 Å². The summed E-state index contributed by atoms with van der Waals surface area (Å²) < 4.78 is 16.8. The van der Waals surface area contributed by atoms with Crippen LogP contribution in [0.2, 0.25) is 0 Å². The third-order valence-corrected chi connectivity index (χ3v) is 11.7. The Morgan fingerprint density at radius 1 is 0.309 bits per heavy atom. The fraction of sp³-hybridized carbons (Fsp3) is 0.661. The smallest absolute Gasteiger partial charge is 0.306 e. The molecule has 6 nitrogen and oxygen atoms in total. The highest BCUT2D eigenvalue weighted by molar-refractivity contribution is 5.71. The van der Waals surface area contributed by atoms with E-state index in [9.17, 15) is 14.4 Å². The Labute approximate surface area is 419 Å². The lowest BCUT2D eigenvalue weighted by atomic mass is 10.0. The van der Waals surface area contributed by atoms with E-state index in [1.54, 1.807) is 0 Å². The average molecular weight is 943 g/mol. The number of rotatable bonds is 49. The minimum atomic E-state index is -0.806. The van der Waals surface area contributed by atoms with Gasteiger partial charge in [0.2, 0.25) is 0 Å². The first-order chi connectivity index (χ1) is 33.5. The van der Waals surface area contributed by atoms with Crippen molar-refractivity contribution >= 4 is 17.9 Å². The van der Waals surface area contributed by atoms with Gasteiger partial charge in [-0.25, -0.2) is 0 Å². The van der Waals surface area contributed by atoms with Gasteiger partial charge in [-0.1, -0.05) is 271 Å². The largest absolute Gasteiger partial charge is 0.462 e. The van der Waals surface area contributed by atoms with Gasteiger partial charge in [-0.15, -0.1) is 0 Å². The molecular formula is C62H102O6. The number of carbonyl (C=O) groups is 3. The lowest BCUT2D eigenvalue weighted by Gasteiger charge is -2.18. The van der Waals surface area contributed by atoms with Crippen LogP contribution in [0.1, 0.15) is 245 Å². The van der Waals surface area contributed by atoms with E-state index in [4.69, 9.17) is 14.2 Å². The molecule has 0 fully saturated rings. The van der Waals surface area contributed by atoms with Gasteiger partial charge in [-0.05, 0) is 64.2 Å². The van der Waals surface area contributed by atoms with E-state index in [1.165, 1.54) is 109 Å². The highest BCUT2D eigenvalue weighted by atomic mass is 16.6. The topological polar surface area (TPSA) is 78.9 Å². The summed E-state index contributed by atoms with van der Waals surface area (Å²) in [6.07, 6.45) is 75.0. The van der Waals surface area contributed by atoms with Gasteiger partial charge in [-0.3, -0.25) is 14.4 Å². The molecule has 0 aliphatic heterocycles. The quantitative estimate of drug-likeness (QED) is 0.0262. The van der Waals surface area contributed by atoms with Gasteiger partial charge in [0.05, 0.1) is 0 Å². The first-order valence-corrected chi connectivity index (χ1v) is 28.0. The van der Waals surface area contributed by atoms with Gasteiger partial charge in [0, 0.05) is 19.3 Å². The third-order valence-electron chi connectivity index (χ3n) is 11.7. The minimum Gasteiger partial charge on any atom is -0.462 e. The molecule has 0 aromatic heterocycles. The summed E-state index contributed by atoms with van der Waals surface area (Å²) in [5.41, 5.74) is 0. The van der Waals surface area contributed by atoms with Crippen molar-refractivity contribution in [1.29, 1.82) is 0 Å². The first kappa shape index (κ1) is 64.1. The van der Waals surface area contributed by atoms with Crippen molar-refractivity contribution in [2.45, 2.75) is 252 Å². The summed E-state index contributed by atoms with van der Waals surface area (Å²) in [6, 6.07) is 0. The van der Waals surface area contributed by atoms with Gasteiger partial charge < -0.3 is 14.2 Å². The van der Waals surface area contributed by atoms with E-state index in [0.29, 0.717) is 19.3 Å². The number of allylic oxidation sites excluding steroid dienone is 18. The predicted octanol–water partition coefficient (Wildman–Crippen LogP) is 18.7. The van der Waals surface area contributed by atoms with Crippen molar-refractivity contribution < 1.29 is 28.6 Å². The van der Waals surface area contributed by atoms with E-state index in [1.807, 2.05) is 48.6 Å². The van der Waals surface area contributed by atoms with E-state index < -0.39 is 6.10 Å². The summed E-state index contributed by atoms with van der Waals surface area (Å²) >= 11 is 0. The maximum atomic E-state index is 12.9. The second kappa shape index (κ2) is 55.7. The van der Waals surface area contributed by atoms with Crippen molar-refractivity contribution in [2.75, 3.05) is 13.2 Å². The van der Waals surface area contributed by atoms with Gasteiger partial charge in [0.1, 0.15) is 13.2 Å². The molecule has 0 aromatic carbocycles. The average Bonchev–Trinajstić information content (AvgIpc) is 3.34. The van der Waals surface area contributed by atoms with Crippen LogP contribution >= 0.6 is 0 Å². The Morgan fingerprint density at radius 2 is 0.574 bits per heavy atom. The van der Waals surface area contributed by atoms with Crippen molar-refractivity contribution in [3.63, 3.8) is 0 Å². The molecule has 0 aliphatic carbocycles. The Morgan fingerprint density at radius 3 is 0.941 bits per heavy atom. The lowest BCUT2D eigenvalue weighted by Crippen LogP contribution is -2.30. The second-order valence-electron chi connectivity index (χ2n) is 18.3. The summed E-state index contributed by atoms with van der Waals surface area (Å²) in [4.78, 5) is 38.1. The zero-order chi connectivity index (χ0) is 49.3. The number of hydrogen-bond donors (Lipinski definition) is 0. The number of hydrogen-bond acceptors (Lipinski definition) is 6. The third kappa shape index (κ3) is 53.0. The van der Waals surface area contributed by atoms with Gasteiger partial charge in [-0.2, -0.15) is 0 Å². The Bertz CT molecular complexity index is 1410. The van der Waals surface area contributed by atoms with Crippen LogP contribution in [-0.4, -0.2) is 37.2 Å². The molecule has 0 spiro atoms. The first-order valence-electron chi connectivity index (χ1n) is 28.0. The standard InChI is InChI=1S/C62H102O6/c1-4-7-10-13-16-19-22-25-28-30-32-34-37-40-43-46-49-52-55-61(64)67-58-59(57-66-60(63)54-51-48-45-42-39-36-33-27-24-21-18-15-12-9-6-3)68-62(65)56-53-50-47-44-41-38-35-31-29-26-23-20-17-14-11-8-5-2/h9,12,15-16,18-19,21-22,24-25,27-28,30,32-34,36,39,59H,4-8,10-11,13-14,17,20,23,26,29,31,35,37-38,40-58H2,1-3H3/b12-9-,18-15-,19-16-,24-21-,25-22-,30-28-,33-27-,34-32-,39-36-. The minimum absolute atomic E-state index is 0.104. The number of carbonyl (C=O) groups excluding carboxylic acids is 3. The van der Waals surface area contributed by atoms with Crippen LogP contribution in [0.5, 0.6) is 0 Å². The molecule has 0 radical (unpaired) electrons. The monoisotopic (exact) mass is 943 g/mol. The zero-order valence-electron chi connectivity index (χ0n) is 44.1. The molecular weight excluding hydrogens is 841 g/mol. The lowest BCUT2D eigenvalue weighted by molar-refractivity contribution is -0.167. The zero-order valence-corrected chi connectivity index (χ0v) is 44.1. The van der Waals surface area contributed by atoms with E-state index in [-0.39, 0.29) is 31.1 Å². The predicted molar refractivity (Wildman–Crippen MR) is 293 cm³/mol. The SMILES string of the molecule is CC\C=C/C=C\C=C/C=C\C=C/CCCCCC(=O)OCC(COC(=O)CCCCCCC\C=C/C=C\C=C/C=C\CCCCC)OC(=O)CCCCCCCCCCCCCCCCCCC. The number of unbranched alkanes of at least 4 members (excludes halogenated alkanes) is 27. The van der Waals surface area contributed by atoms with Gasteiger partial charge in [0.25, 0.3) is 0 Å². The van der Waals surface area contributed by atoms with Crippen LogP contribution in [0, 0.1) is 0 Å². The van der Waals surface area contributed by atoms with Crippen LogP contribution < -0.4 is 0 Å². The van der Waals surface area contributed by atoms with Crippen molar-refractivity contribution in [3.8, 4) is 0 Å². The molecule has 0 N–H and O–H groups in total. The molecule has 6 heteroatoms. The summed E-state index contributed by atoms with van der Waals surface area (Å²) in [5, 5.41) is 0. The van der Waals surface area contributed by atoms with Crippen LogP contribution in [0.3, 0.4) is 0 Å². The van der Waals surface area contributed by atoms with Crippen molar-refractivity contribution in [3.05, 3.63) is 109 Å².